The minimum absolute atomic E-state index is 0.182. The van der Waals surface area contributed by atoms with Crippen molar-refractivity contribution in [3.8, 4) is 0 Å². The molecule has 1 unspecified atom stereocenters. The van der Waals surface area contributed by atoms with Gasteiger partial charge < -0.3 is 4.74 Å². The third-order valence-electron chi connectivity index (χ3n) is 2.06. The normalized spacial score (nSPS) is 20.3. The van der Waals surface area contributed by atoms with Gasteiger partial charge in [0.2, 0.25) is 0 Å². The number of benzene rings is 1. The van der Waals surface area contributed by atoms with Crippen LogP contribution in [0.5, 0.6) is 0 Å². The summed E-state index contributed by atoms with van der Waals surface area (Å²) in [4.78, 5) is -0.211. The Morgan fingerprint density at radius 3 is 2.53 bits per heavy atom. The van der Waals surface area contributed by atoms with Crippen molar-refractivity contribution in [2.24, 2.45) is 0 Å². The Kier molecular flexibility index (Phi) is 2.47. The van der Waals surface area contributed by atoms with Crippen LogP contribution >= 0.6 is 0 Å². The fraction of sp³-hybridized carbons (Fsp3) is 0.333. The van der Waals surface area contributed by atoms with Gasteiger partial charge in [-0.15, -0.1) is 0 Å². The topological polar surface area (TPSA) is 46.7 Å². The summed E-state index contributed by atoms with van der Waals surface area (Å²) in [6.45, 7) is 0.406. The van der Waals surface area contributed by atoms with Gasteiger partial charge in [-0.1, -0.05) is 0 Å². The maximum Gasteiger partial charge on any atom is 0.181 e. The summed E-state index contributed by atoms with van der Waals surface area (Å²) in [5.74, 6) is -2.40. The third-order valence-corrected chi connectivity index (χ3v) is 3.84. The van der Waals surface area contributed by atoms with Gasteiger partial charge in [0.05, 0.1) is 23.4 Å². The van der Waals surface area contributed by atoms with Crippen LogP contribution in [0.1, 0.15) is 0 Å². The number of rotatable bonds is 3. The van der Waals surface area contributed by atoms with E-state index in [0.29, 0.717) is 12.7 Å². The largest absolute Gasteiger partial charge is 0.372 e. The summed E-state index contributed by atoms with van der Waals surface area (Å²) < 4.78 is 53.3. The van der Waals surface area contributed by atoms with Crippen LogP contribution in [-0.2, 0) is 14.6 Å². The lowest BCUT2D eigenvalue weighted by molar-refractivity contribution is 0.422. The van der Waals surface area contributed by atoms with E-state index in [2.05, 4.69) is 0 Å². The Morgan fingerprint density at radius 2 is 2.00 bits per heavy atom. The lowest BCUT2D eigenvalue weighted by atomic mass is 10.3. The molecule has 0 aromatic heterocycles. The van der Waals surface area contributed by atoms with Gasteiger partial charge in [-0.2, -0.15) is 0 Å². The molecule has 0 saturated carbocycles. The molecule has 0 N–H and O–H groups in total. The molecule has 82 valence electrons. The first-order valence-corrected chi connectivity index (χ1v) is 5.94. The Hall–Kier alpha value is -1.01. The monoisotopic (exact) mass is 234 g/mol. The standard InChI is InChI=1S/C9H8F2O3S/c10-8-2-1-7(3-9(8)11)15(12,13)5-6-4-14-6/h1-3,6H,4-5H2. The van der Waals surface area contributed by atoms with Crippen molar-refractivity contribution < 1.29 is 21.9 Å². The average molecular weight is 234 g/mol. The number of hydrogen-bond donors (Lipinski definition) is 0. The van der Waals surface area contributed by atoms with E-state index in [9.17, 15) is 17.2 Å². The predicted molar refractivity (Wildman–Crippen MR) is 48.2 cm³/mol. The highest BCUT2D eigenvalue weighted by molar-refractivity contribution is 7.91. The van der Waals surface area contributed by atoms with Crippen molar-refractivity contribution >= 4 is 9.84 Å². The van der Waals surface area contributed by atoms with Gasteiger partial charge in [0.15, 0.2) is 21.5 Å². The zero-order chi connectivity index (χ0) is 11.1. The third kappa shape index (κ3) is 2.32. The molecule has 1 aliphatic rings. The Labute approximate surface area is 85.6 Å². The smallest absolute Gasteiger partial charge is 0.181 e. The van der Waals surface area contributed by atoms with E-state index in [1.807, 2.05) is 0 Å². The number of ether oxygens (including phenoxy) is 1. The SMILES string of the molecule is O=S(=O)(CC1CO1)c1ccc(F)c(F)c1. The van der Waals surface area contributed by atoms with Crippen LogP contribution in [0.25, 0.3) is 0 Å². The average Bonchev–Trinajstić information content (AvgIpc) is 2.92. The van der Waals surface area contributed by atoms with Crippen molar-refractivity contribution in [2.45, 2.75) is 11.0 Å². The van der Waals surface area contributed by atoms with Crippen molar-refractivity contribution in [3.05, 3.63) is 29.8 Å². The van der Waals surface area contributed by atoms with Gasteiger partial charge in [0.1, 0.15) is 0 Å². The lowest BCUT2D eigenvalue weighted by Gasteiger charge is -2.02. The first kappa shape index (κ1) is 10.5. The second-order valence-corrected chi connectivity index (χ2v) is 5.35. The summed E-state index contributed by atoms with van der Waals surface area (Å²) in [6.07, 6.45) is -0.303. The molecular weight excluding hydrogens is 226 g/mol. The molecule has 0 aliphatic carbocycles. The fourth-order valence-electron chi connectivity index (χ4n) is 1.18. The highest BCUT2D eigenvalue weighted by atomic mass is 32.2. The number of halogens is 2. The van der Waals surface area contributed by atoms with E-state index in [4.69, 9.17) is 4.74 Å². The molecule has 0 bridgehead atoms. The predicted octanol–water partition coefficient (Wildman–Crippen LogP) is 1.14. The first-order chi connectivity index (χ1) is 6.99. The first-order valence-electron chi connectivity index (χ1n) is 4.28. The minimum Gasteiger partial charge on any atom is -0.372 e. The van der Waals surface area contributed by atoms with Gasteiger partial charge >= 0.3 is 0 Å². The van der Waals surface area contributed by atoms with Gasteiger partial charge in [0.25, 0.3) is 0 Å². The van der Waals surface area contributed by atoms with Gasteiger partial charge in [0, 0.05) is 0 Å². The van der Waals surface area contributed by atoms with Crippen molar-refractivity contribution in [2.75, 3.05) is 12.4 Å². The second-order valence-electron chi connectivity index (χ2n) is 3.31. The van der Waals surface area contributed by atoms with Crippen LogP contribution < -0.4 is 0 Å². The molecule has 1 aromatic rings. The quantitative estimate of drug-likeness (QED) is 0.582. The van der Waals surface area contributed by atoms with Crippen molar-refractivity contribution in [3.63, 3.8) is 0 Å². The summed E-state index contributed by atoms with van der Waals surface area (Å²) in [5, 5.41) is 0. The molecule has 1 saturated heterocycles. The van der Waals surface area contributed by atoms with Crippen LogP contribution in [-0.4, -0.2) is 26.9 Å². The number of epoxide rings is 1. The van der Waals surface area contributed by atoms with Crippen molar-refractivity contribution in [1.82, 2.24) is 0 Å². The second kappa shape index (κ2) is 3.53. The Bertz CT molecular complexity index is 480. The molecule has 1 heterocycles. The molecule has 0 spiro atoms. The van der Waals surface area contributed by atoms with Crippen LogP contribution in [0.2, 0.25) is 0 Å². The van der Waals surface area contributed by atoms with E-state index in [-0.39, 0.29) is 16.8 Å². The highest BCUT2D eigenvalue weighted by Crippen LogP contribution is 2.20. The molecule has 2 rings (SSSR count). The molecule has 3 nitrogen and oxygen atoms in total. The molecule has 1 aromatic carbocycles. The molecule has 6 heteroatoms. The maximum absolute atomic E-state index is 12.8. The zero-order valence-electron chi connectivity index (χ0n) is 7.61. The highest BCUT2D eigenvalue weighted by Gasteiger charge is 2.30. The van der Waals surface area contributed by atoms with Crippen molar-refractivity contribution in [1.29, 1.82) is 0 Å². The van der Waals surface area contributed by atoms with Crippen LogP contribution in [0.15, 0.2) is 23.1 Å². The molecule has 0 radical (unpaired) electrons. The van der Waals surface area contributed by atoms with Crippen LogP contribution in [0.4, 0.5) is 8.78 Å². The number of sulfone groups is 1. The van der Waals surface area contributed by atoms with Gasteiger partial charge in [-0.25, -0.2) is 17.2 Å². The molecule has 15 heavy (non-hydrogen) atoms. The van der Waals surface area contributed by atoms with Crippen LogP contribution in [0.3, 0.4) is 0 Å². The summed E-state index contributed by atoms with van der Waals surface area (Å²) in [7, 11) is -3.57. The summed E-state index contributed by atoms with van der Waals surface area (Å²) in [5.41, 5.74) is 0. The fourth-order valence-corrected chi connectivity index (χ4v) is 2.61. The molecular formula is C9H8F2O3S. The summed E-state index contributed by atoms with van der Waals surface area (Å²) in [6, 6.07) is 2.54. The Balaban J connectivity index is 2.31. The van der Waals surface area contributed by atoms with E-state index in [0.717, 1.165) is 12.1 Å². The van der Waals surface area contributed by atoms with Gasteiger partial charge in [-0.3, -0.25) is 0 Å². The lowest BCUT2D eigenvalue weighted by Crippen LogP contribution is -2.12. The number of hydrogen-bond acceptors (Lipinski definition) is 3. The zero-order valence-corrected chi connectivity index (χ0v) is 8.43. The molecule has 0 amide bonds. The summed E-state index contributed by atoms with van der Waals surface area (Å²) >= 11 is 0. The molecule has 1 aliphatic heterocycles. The van der Waals surface area contributed by atoms with E-state index in [1.165, 1.54) is 0 Å². The molecule has 1 fully saturated rings. The molecule has 1 atom stereocenters. The van der Waals surface area contributed by atoms with Gasteiger partial charge in [-0.05, 0) is 18.2 Å². The van der Waals surface area contributed by atoms with Crippen LogP contribution in [0, 0.1) is 11.6 Å². The van der Waals surface area contributed by atoms with E-state index in [1.54, 1.807) is 0 Å². The van der Waals surface area contributed by atoms with E-state index < -0.39 is 21.5 Å². The maximum atomic E-state index is 12.8. The minimum atomic E-state index is -3.57. The Morgan fingerprint density at radius 1 is 1.33 bits per heavy atom. The van der Waals surface area contributed by atoms with E-state index >= 15 is 0 Å².